The summed E-state index contributed by atoms with van der Waals surface area (Å²) in [6.07, 6.45) is 5.91. The number of benzene rings is 1. The molecule has 2 nitrogen and oxygen atoms in total. The number of ether oxygens (including phenoxy) is 1. The predicted octanol–water partition coefficient (Wildman–Crippen LogP) is 4.09. The van der Waals surface area contributed by atoms with Crippen LogP contribution >= 0.6 is 0 Å². The van der Waals surface area contributed by atoms with Crippen molar-refractivity contribution >= 4 is 0 Å². The summed E-state index contributed by atoms with van der Waals surface area (Å²) in [4.78, 5) is 0. The van der Waals surface area contributed by atoms with Crippen molar-refractivity contribution in [3.8, 4) is 5.75 Å². The molecule has 0 saturated heterocycles. The standard InChI is InChI=1S/C17H29NO/c1-4-6-9-15(5-2)13-19-17-14(3)8-7-10-16(17)11-12-18/h7-8,10,15H,4-6,9,11-13,18H2,1-3H3. The number of aryl methyl sites for hydroxylation is 1. The molecule has 1 rings (SSSR count). The van der Waals surface area contributed by atoms with Crippen LogP contribution in [0.1, 0.15) is 50.7 Å². The first-order valence-corrected chi connectivity index (χ1v) is 7.64. The lowest BCUT2D eigenvalue weighted by Gasteiger charge is -2.19. The zero-order chi connectivity index (χ0) is 14.1. The average molecular weight is 263 g/mol. The third kappa shape index (κ3) is 5.23. The molecule has 108 valence electrons. The Hall–Kier alpha value is -1.02. The molecule has 1 unspecified atom stereocenters. The van der Waals surface area contributed by atoms with Crippen LogP contribution in [0.3, 0.4) is 0 Å². The summed E-state index contributed by atoms with van der Waals surface area (Å²) in [7, 11) is 0. The first-order valence-electron chi connectivity index (χ1n) is 7.64. The van der Waals surface area contributed by atoms with Gasteiger partial charge in [-0.2, -0.15) is 0 Å². The van der Waals surface area contributed by atoms with Crippen LogP contribution < -0.4 is 10.5 Å². The molecule has 1 aromatic carbocycles. The van der Waals surface area contributed by atoms with Gasteiger partial charge in [0.05, 0.1) is 6.61 Å². The topological polar surface area (TPSA) is 35.2 Å². The van der Waals surface area contributed by atoms with E-state index in [1.54, 1.807) is 0 Å². The maximum absolute atomic E-state index is 6.12. The van der Waals surface area contributed by atoms with Crippen LogP contribution in [0, 0.1) is 12.8 Å². The average Bonchev–Trinajstić information content (AvgIpc) is 2.41. The third-order valence-corrected chi connectivity index (χ3v) is 3.71. The van der Waals surface area contributed by atoms with Crippen molar-refractivity contribution in [2.24, 2.45) is 11.7 Å². The first-order chi connectivity index (χ1) is 9.22. The van der Waals surface area contributed by atoms with Gasteiger partial charge in [0, 0.05) is 0 Å². The Morgan fingerprint density at radius 1 is 1.26 bits per heavy atom. The van der Waals surface area contributed by atoms with Crippen LogP contribution in [0.4, 0.5) is 0 Å². The van der Waals surface area contributed by atoms with Crippen LogP contribution in [0.25, 0.3) is 0 Å². The molecule has 1 atom stereocenters. The fraction of sp³-hybridized carbons (Fsp3) is 0.647. The van der Waals surface area contributed by atoms with Crippen LogP contribution in [0.15, 0.2) is 18.2 Å². The molecule has 0 bridgehead atoms. The van der Waals surface area contributed by atoms with Crippen molar-refractivity contribution in [3.05, 3.63) is 29.3 Å². The van der Waals surface area contributed by atoms with Gasteiger partial charge in [-0.15, -0.1) is 0 Å². The Morgan fingerprint density at radius 3 is 2.68 bits per heavy atom. The zero-order valence-electron chi connectivity index (χ0n) is 12.7. The summed E-state index contributed by atoms with van der Waals surface area (Å²) in [6, 6.07) is 6.33. The summed E-state index contributed by atoms with van der Waals surface area (Å²) in [5.74, 6) is 1.73. The highest BCUT2D eigenvalue weighted by Crippen LogP contribution is 2.25. The van der Waals surface area contributed by atoms with E-state index in [4.69, 9.17) is 10.5 Å². The minimum atomic E-state index is 0.672. The van der Waals surface area contributed by atoms with Gasteiger partial charge in [-0.1, -0.05) is 51.3 Å². The van der Waals surface area contributed by atoms with E-state index in [0.717, 1.165) is 18.8 Å². The Bertz CT molecular complexity index is 362. The molecule has 2 heteroatoms. The van der Waals surface area contributed by atoms with E-state index in [-0.39, 0.29) is 0 Å². The fourth-order valence-electron chi connectivity index (χ4n) is 2.37. The minimum absolute atomic E-state index is 0.672. The molecule has 0 aliphatic heterocycles. The van der Waals surface area contributed by atoms with E-state index in [2.05, 4.69) is 39.0 Å². The monoisotopic (exact) mass is 263 g/mol. The second-order valence-corrected chi connectivity index (χ2v) is 5.33. The van der Waals surface area contributed by atoms with E-state index < -0.39 is 0 Å². The van der Waals surface area contributed by atoms with Gasteiger partial charge < -0.3 is 10.5 Å². The number of hydrogen-bond donors (Lipinski definition) is 1. The van der Waals surface area contributed by atoms with Crippen molar-refractivity contribution in [1.82, 2.24) is 0 Å². The van der Waals surface area contributed by atoms with Gasteiger partial charge in [-0.3, -0.25) is 0 Å². The highest BCUT2D eigenvalue weighted by Gasteiger charge is 2.10. The molecular weight excluding hydrogens is 234 g/mol. The molecule has 0 fully saturated rings. The van der Waals surface area contributed by atoms with Crippen LogP contribution in [-0.4, -0.2) is 13.2 Å². The van der Waals surface area contributed by atoms with Crippen LogP contribution in [0.5, 0.6) is 5.75 Å². The minimum Gasteiger partial charge on any atom is -0.493 e. The van der Waals surface area contributed by atoms with Crippen LogP contribution in [-0.2, 0) is 6.42 Å². The maximum atomic E-state index is 6.12. The summed E-state index contributed by atoms with van der Waals surface area (Å²) >= 11 is 0. The number of para-hydroxylation sites is 1. The summed E-state index contributed by atoms with van der Waals surface area (Å²) in [6.45, 7) is 8.12. The zero-order valence-corrected chi connectivity index (χ0v) is 12.7. The molecule has 0 spiro atoms. The van der Waals surface area contributed by atoms with Crippen molar-refractivity contribution in [2.75, 3.05) is 13.2 Å². The highest BCUT2D eigenvalue weighted by atomic mass is 16.5. The van der Waals surface area contributed by atoms with Gasteiger partial charge in [-0.25, -0.2) is 0 Å². The normalized spacial score (nSPS) is 12.4. The number of rotatable bonds is 9. The molecule has 0 aliphatic carbocycles. The first kappa shape index (κ1) is 16.0. The molecule has 0 radical (unpaired) electrons. The third-order valence-electron chi connectivity index (χ3n) is 3.71. The summed E-state index contributed by atoms with van der Waals surface area (Å²) in [5, 5.41) is 0. The van der Waals surface area contributed by atoms with Crippen molar-refractivity contribution in [3.63, 3.8) is 0 Å². The highest BCUT2D eigenvalue weighted by molar-refractivity contribution is 5.40. The summed E-state index contributed by atoms with van der Waals surface area (Å²) in [5.41, 5.74) is 8.13. The molecular formula is C17H29NO. The van der Waals surface area contributed by atoms with E-state index >= 15 is 0 Å². The number of nitrogens with two attached hydrogens (primary N) is 1. The molecule has 19 heavy (non-hydrogen) atoms. The van der Waals surface area contributed by atoms with E-state index in [9.17, 15) is 0 Å². The summed E-state index contributed by atoms with van der Waals surface area (Å²) < 4.78 is 6.12. The van der Waals surface area contributed by atoms with E-state index in [1.165, 1.54) is 36.8 Å². The van der Waals surface area contributed by atoms with Gasteiger partial charge in [0.25, 0.3) is 0 Å². The van der Waals surface area contributed by atoms with E-state index in [0.29, 0.717) is 12.5 Å². The molecule has 0 amide bonds. The molecule has 0 aliphatic rings. The number of hydrogen-bond acceptors (Lipinski definition) is 2. The lowest BCUT2D eigenvalue weighted by atomic mass is 10.0. The second-order valence-electron chi connectivity index (χ2n) is 5.33. The molecule has 1 aromatic rings. The quantitative estimate of drug-likeness (QED) is 0.728. The SMILES string of the molecule is CCCCC(CC)COc1c(C)cccc1CCN. The lowest BCUT2D eigenvalue weighted by Crippen LogP contribution is -2.13. The molecule has 0 aromatic heterocycles. The smallest absolute Gasteiger partial charge is 0.125 e. The van der Waals surface area contributed by atoms with Gasteiger partial charge >= 0.3 is 0 Å². The van der Waals surface area contributed by atoms with Crippen LogP contribution in [0.2, 0.25) is 0 Å². The largest absolute Gasteiger partial charge is 0.493 e. The van der Waals surface area contributed by atoms with Crippen molar-refractivity contribution < 1.29 is 4.74 Å². The fourth-order valence-corrected chi connectivity index (χ4v) is 2.37. The molecule has 0 heterocycles. The number of unbranched alkanes of at least 4 members (excludes halogenated alkanes) is 1. The van der Waals surface area contributed by atoms with Crippen molar-refractivity contribution in [1.29, 1.82) is 0 Å². The maximum Gasteiger partial charge on any atom is 0.125 e. The van der Waals surface area contributed by atoms with Gasteiger partial charge in [-0.05, 0) is 43.4 Å². The van der Waals surface area contributed by atoms with Gasteiger partial charge in [0.1, 0.15) is 5.75 Å². The molecule has 0 saturated carbocycles. The van der Waals surface area contributed by atoms with Gasteiger partial charge in [0.15, 0.2) is 0 Å². The Morgan fingerprint density at radius 2 is 2.05 bits per heavy atom. The second kappa shape index (κ2) is 8.98. The van der Waals surface area contributed by atoms with Gasteiger partial charge in [0.2, 0.25) is 0 Å². The Kier molecular flexibility index (Phi) is 7.57. The van der Waals surface area contributed by atoms with E-state index in [1.807, 2.05) is 0 Å². The Labute approximate surface area is 118 Å². The molecule has 2 N–H and O–H groups in total. The van der Waals surface area contributed by atoms with Crippen molar-refractivity contribution in [2.45, 2.75) is 52.9 Å². The predicted molar refractivity (Wildman–Crippen MR) is 82.7 cm³/mol. The Balaban J connectivity index is 2.64. The lowest BCUT2D eigenvalue weighted by molar-refractivity contribution is 0.230.